The van der Waals surface area contributed by atoms with Crippen molar-refractivity contribution in [1.29, 1.82) is 0 Å². The maximum atomic E-state index is 13.2. The summed E-state index contributed by atoms with van der Waals surface area (Å²) in [6.45, 7) is 0.947. The number of ether oxygens (including phenoxy) is 1. The Morgan fingerprint density at radius 3 is 2.71 bits per heavy atom. The van der Waals surface area contributed by atoms with Crippen molar-refractivity contribution in [1.82, 2.24) is 19.1 Å². The van der Waals surface area contributed by atoms with Crippen molar-refractivity contribution in [2.24, 2.45) is 0 Å². The molecule has 0 atom stereocenters. The number of carbonyl (C=O) groups excluding carboxylic acids is 1. The predicted octanol–water partition coefficient (Wildman–Crippen LogP) is 3.56. The molecule has 180 valence electrons. The van der Waals surface area contributed by atoms with Crippen LogP contribution in [0.2, 0.25) is 0 Å². The van der Waals surface area contributed by atoms with Crippen LogP contribution in [-0.4, -0.2) is 53.1 Å². The molecule has 4 rings (SSSR count). The molecule has 1 aromatic heterocycles. The Morgan fingerprint density at radius 2 is 1.94 bits per heavy atom. The minimum atomic E-state index is -3.68. The molecule has 1 heterocycles. The lowest BCUT2D eigenvalue weighted by Crippen LogP contribution is -2.38. The SMILES string of the molecule is CN(C1CCCCC1)S(=O)(=O)c1cccc(C(=O)Nc2cccc(OCCn3cncn3)c2)c1. The minimum absolute atomic E-state index is 0.00327. The Bertz CT molecular complexity index is 1210. The van der Waals surface area contributed by atoms with Gasteiger partial charge in [0.15, 0.2) is 0 Å². The van der Waals surface area contributed by atoms with Crippen molar-refractivity contribution in [2.75, 3.05) is 19.0 Å². The van der Waals surface area contributed by atoms with Crippen LogP contribution in [-0.2, 0) is 16.6 Å². The summed E-state index contributed by atoms with van der Waals surface area (Å²) in [6, 6.07) is 13.2. The van der Waals surface area contributed by atoms with E-state index < -0.39 is 15.9 Å². The third kappa shape index (κ3) is 5.81. The lowest BCUT2D eigenvalue weighted by atomic mass is 9.96. The third-order valence-electron chi connectivity index (χ3n) is 6.01. The van der Waals surface area contributed by atoms with E-state index in [0.717, 1.165) is 32.1 Å². The first kappa shape index (κ1) is 23.9. The molecule has 34 heavy (non-hydrogen) atoms. The van der Waals surface area contributed by atoms with Gasteiger partial charge < -0.3 is 10.1 Å². The lowest BCUT2D eigenvalue weighted by molar-refractivity contribution is 0.102. The van der Waals surface area contributed by atoms with E-state index in [0.29, 0.717) is 24.6 Å². The first-order valence-corrected chi connectivity index (χ1v) is 12.8. The first-order chi connectivity index (χ1) is 16.4. The van der Waals surface area contributed by atoms with Crippen molar-refractivity contribution >= 4 is 21.6 Å². The van der Waals surface area contributed by atoms with Crippen molar-refractivity contribution in [2.45, 2.75) is 49.6 Å². The molecule has 1 N–H and O–H groups in total. The molecule has 1 aliphatic rings. The first-order valence-electron chi connectivity index (χ1n) is 11.4. The number of benzene rings is 2. The fourth-order valence-corrected chi connectivity index (χ4v) is 5.54. The molecule has 1 aliphatic carbocycles. The smallest absolute Gasteiger partial charge is 0.255 e. The molecule has 0 aliphatic heterocycles. The lowest BCUT2D eigenvalue weighted by Gasteiger charge is -2.30. The summed E-state index contributed by atoms with van der Waals surface area (Å²) in [6.07, 6.45) is 8.03. The molecule has 10 heteroatoms. The van der Waals surface area contributed by atoms with Crippen LogP contribution in [0, 0.1) is 0 Å². The standard InChI is InChI=1S/C24H29N5O4S/c1-28(21-9-3-2-4-10-21)34(31,32)23-12-5-7-19(15-23)24(30)27-20-8-6-11-22(16-20)33-14-13-29-18-25-17-26-29/h5-8,11-12,15-18,21H,2-4,9-10,13-14H2,1H3,(H,27,30). The van der Waals surface area contributed by atoms with E-state index in [1.54, 1.807) is 54.5 Å². The second-order valence-corrected chi connectivity index (χ2v) is 10.3. The Labute approximate surface area is 199 Å². The van der Waals surface area contributed by atoms with E-state index >= 15 is 0 Å². The fraction of sp³-hybridized carbons (Fsp3) is 0.375. The van der Waals surface area contributed by atoms with Crippen LogP contribution >= 0.6 is 0 Å². The second kappa shape index (κ2) is 10.8. The average Bonchev–Trinajstić information content (AvgIpc) is 3.38. The second-order valence-electron chi connectivity index (χ2n) is 8.33. The van der Waals surface area contributed by atoms with Crippen LogP contribution in [0.1, 0.15) is 42.5 Å². The van der Waals surface area contributed by atoms with Crippen molar-refractivity contribution in [3.8, 4) is 5.75 Å². The number of rotatable bonds is 9. The average molecular weight is 484 g/mol. The predicted molar refractivity (Wildman–Crippen MR) is 128 cm³/mol. The fourth-order valence-electron chi connectivity index (χ4n) is 4.08. The molecule has 3 aromatic rings. The Hall–Kier alpha value is -3.24. The molecule has 1 fully saturated rings. The molecular formula is C24H29N5O4S. The van der Waals surface area contributed by atoms with Crippen molar-refractivity contribution < 1.29 is 17.9 Å². The molecular weight excluding hydrogens is 454 g/mol. The largest absolute Gasteiger partial charge is 0.492 e. The van der Waals surface area contributed by atoms with Gasteiger partial charge in [0.05, 0.1) is 11.4 Å². The molecule has 0 spiro atoms. The van der Waals surface area contributed by atoms with Crippen LogP contribution in [0.3, 0.4) is 0 Å². The van der Waals surface area contributed by atoms with Crippen LogP contribution in [0.25, 0.3) is 0 Å². The Kier molecular flexibility index (Phi) is 7.59. The van der Waals surface area contributed by atoms with Crippen molar-refractivity contribution in [3.05, 3.63) is 66.7 Å². The van der Waals surface area contributed by atoms with Crippen LogP contribution in [0.4, 0.5) is 5.69 Å². The summed E-state index contributed by atoms with van der Waals surface area (Å²) in [5.74, 6) is 0.209. The quantitative estimate of drug-likeness (QED) is 0.499. The Balaban J connectivity index is 1.41. The molecule has 9 nitrogen and oxygen atoms in total. The van der Waals surface area contributed by atoms with E-state index in [1.165, 1.54) is 22.8 Å². The number of carbonyl (C=O) groups is 1. The zero-order valence-corrected chi connectivity index (χ0v) is 19.9. The minimum Gasteiger partial charge on any atom is -0.492 e. The molecule has 2 aromatic carbocycles. The van der Waals surface area contributed by atoms with Gasteiger partial charge in [0.2, 0.25) is 10.0 Å². The van der Waals surface area contributed by atoms with Gasteiger partial charge in [-0.1, -0.05) is 31.4 Å². The zero-order chi connectivity index (χ0) is 24.0. The summed E-state index contributed by atoms with van der Waals surface area (Å²) < 4.78 is 35.2. The van der Waals surface area contributed by atoms with Gasteiger partial charge in [0.25, 0.3) is 5.91 Å². The van der Waals surface area contributed by atoms with Gasteiger partial charge in [-0.2, -0.15) is 9.40 Å². The van der Waals surface area contributed by atoms with E-state index in [4.69, 9.17) is 4.74 Å². The molecule has 0 saturated heterocycles. The highest BCUT2D eigenvalue weighted by molar-refractivity contribution is 7.89. The van der Waals surface area contributed by atoms with Gasteiger partial charge in [-0.05, 0) is 43.2 Å². The normalized spacial score (nSPS) is 14.8. The third-order valence-corrected chi connectivity index (χ3v) is 7.92. The van der Waals surface area contributed by atoms with Crippen molar-refractivity contribution in [3.63, 3.8) is 0 Å². The zero-order valence-electron chi connectivity index (χ0n) is 19.1. The van der Waals surface area contributed by atoms with Crippen LogP contribution in [0.15, 0.2) is 66.1 Å². The number of nitrogens with zero attached hydrogens (tertiary/aromatic N) is 4. The highest BCUT2D eigenvalue weighted by Crippen LogP contribution is 2.27. The molecule has 0 unspecified atom stereocenters. The summed E-state index contributed by atoms with van der Waals surface area (Å²) >= 11 is 0. The number of sulfonamides is 1. The van der Waals surface area contributed by atoms with E-state index in [9.17, 15) is 13.2 Å². The monoisotopic (exact) mass is 483 g/mol. The number of aromatic nitrogens is 3. The number of anilines is 1. The van der Waals surface area contributed by atoms with Crippen LogP contribution < -0.4 is 10.1 Å². The van der Waals surface area contributed by atoms with Gasteiger partial charge in [-0.25, -0.2) is 18.1 Å². The summed E-state index contributed by atoms with van der Waals surface area (Å²) in [7, 11) is -2.05. The maximum absolute atomic E-state index is 13.2. The van der Waals surface area contributed by atoms with Gasteiger partial charge >= 0.3 is 0 Å². The number of nitrogens with one attached hydrogen (secondary N) is 1. The maximum Gasteiger partial charge on any atom is 0.255 e. The van der Waals surface area contributed by atoms with E-state index in [-0.39, 0.29) is 16.5 Å². The van der Waals surface area contributed by atoms with Gasteiger partial charge in [0, 0.05) is 30.4 Å². The van der Waals surface area contributed by atoms with Gasteiger partial charge in [0.1, 0.15) is 25.0 Å². The summed E-state index contributed by atoms with van der Waals surface area (Å²) in [5.41, 5.74) is 0.825. The number of hydrogen-bond donors (Lipinski definition) is 1. The van der Waals surface area contributed by atoms with Crippen LogP contribution in [0.5, 0.6) is 5.75 Å². The highest BCUT2D eigenvalue weighted by Gasteiger charge is 2.29. The topological polar surface area (TPSA) is 106 Å². The highest BCUT2D eigenvalue weighted by atomic mass is 32.2. The van der Waals surface area contributed by atoms with Gasteiger partial charge in [-0.3, -0.25) is 4.79 Å². The molecule has 0 bridgehead atoms. The number of hydrogen-bond acceptors (Lipinski definition) is 6. The molecule has 1 amide bonds. The Morgan fingerprint density at radius 1 is 1.15 bits per heavy atom. The molecule has 1 saturated carbocycles. The van der Waals surface area contributed by atoms with Gasteiger partial charge in [-0.15, -0.1) is 0 Å². The van der Waals surface area contributed by atoms with E-state index in [1.807, 2.05) is 0 Å². The summed E-state index contributed by atoms with van der Waals surface area (Å²) in [5, 5.41) is 6.84. The van der Waals surface area contributed by atoms with E-state index in [2.05, 4.69) is 15.4 Å². The number of amides is 1. The summed E-state index contributed by atoms with van der Waals surface area (Å²) in [4.78, 5) is 16.9. The molecule has 0 radical (unpaired) electrons.